The van der Waals surface area contributed by atoms with E-state index in [1.54, 1.807) is 0 Å². The molecule has 1 amide bonds. The molecule has 19 heavy (non-hydrogen) atoms. The first kappa shape index (κ1) is 13.4. The van der Waals surface area contributed by atoms with Crippen LogP contribution in [0.2, 0.25) is 0 Å². The SMILES string of the molecule is O=C(CC1CCCC1)Nc1ccc(C(=O)O)c(O)c1. The third-order valence-electron chi connectivity index (χ3n) is 3.46. The second kappa shape index (κ2) is 5.73. The fourth-order valence-corrected chi connectivity index (χ4v) is 2.48. The molecule has 1 aliphatic rings. The summed E-state index contributed by atoms with van der Waals surface area (Å²) in [7, 11) is 0. The van der Waals surface area contributed by atoms with Gasteiger partial charge < -0.3 is 15.5 Å². The zero-order chi connectivity index (χ0) is 13.8. The number of carbonyl (C=O) groups is 2. The van der Waals surface area contributed by atoms with Crippen LogP contribution in [0.5, 0.6) is 5.75 Å². The van der Waals surface area contributed by atoms with Crippen LogP contribution < -0.4 is 5.32 Å². The maximum absolute atomic E-state index is 11.8. The highest BCUT2D eigenvalue weighted by molar-refractivity contribution is 5.94. The van der Waals surface area contributed by atoms with Gasteiger partial charge in [-0.05, 0) is 30.9 Å². The Kier molecular flexibility index (Phi) is 4.04. The second-order valence-corrected chi connectivity index (χ2v) is 4.94. The molecule has 0 aliphatic heterocycles. The van der Waals surface area contributed by atoms with E-state index in [0.717, 1.165) is 12.8 Å². The Bertz CT molecular complexity index is 492. The van der Waals surface area contributed by atoms with Crippen LogP contribution in [0.1, 0.15) is 42.5 Å². The lowest BCUT2D eigenvalue weighted by Crippen LogP contribution is -2.15. The quantitative estimate of drug-likeness (QED) is 0.779. The molecule has 0 aromatic heterocycles. The van der Waals surface area contributed by atoms with Gasteiger partial charge in [-0.3, -0.25) is 4.79 Å². The number of carboxylic acid groups (broad SMARTS) is 1. The van der Waals surface area contributed by atoms with Gasteiger partial charge in [-0.25, -0.2) is 4.79 Å². The van der Waals surface area contributed by atoms with Crippen LogP contribution in [0.15, 0.2) is 18.2 Å². The van der Waals surface area contributed by atoms with Crippen molar-refractivity contribution < 1.29 is 19.8 Å². The van der Waals surface area contributed by atoms with Crippen molar-refractivity contribution in [2.24, 2.45) is 5.92 Å². The molecule has 0 bridgehead atoms. The van der Waals surface area contributed by atoms with Crippen LogP contribution >= 0.6 is 0 Å². The number of aromatic hydroxyl groups is 1. The van der Waals surface area contributed by atoms with E-state index in [9.17, 15) is 14.7 Å². The van der Waals surface area contributed by atoms with E-state index in [1.807, 2.05) is 0 Å². The van der Waals surface area contributed by atoms with E-state index < -0.39 is 5.97 Å². The summed E-state index contributed by atoms with van der Waals surface area (Å²) >= 11 is 0. The number of rotatable bonds is 4. The van der Waals surface area contributed by atoms with E-state index in [0.29, 0.717) is 18.0 Å². The van der Waals surface area contributed by atoms with Crippen LogP contribution in [-0.4, -0.2) is 22.1 Å². The highest BCUT2D eigenvalue weighted by Gasteiger charge is 2.18. The highest BCUT2D eigenvalue weighted by Crippen LogP contribution is 2.28. The number of nitrogens with one attached hydrogen (secondary N) is 1. The van der Waals surface area contributed by atoms with E-state index in [1.165, 1.54) is 31.0 Å². The van der Waals surface area contributed by atoms with Crippen molar-refractivity contribution in [1.29, 1.82) is 0 Å². The molecule has 0 unspecified atom stereocenters. The van der Waals surface area contributed by atoms with Gasteiger partial charge in [0.15, 0.2) is 0 Å². The standard InChI is InChI=1S/C14H17NO4/c16-12-8-10(5-6-11(12)14(18)19)15-13(17)7-9-3-1-2-4-9/h5-6,8-9,16H,1-4,7H2,(H,15,17)(H,18,19). The number of phenols is 1. The average Bonchev–Trinajstić information content (AvgIpc) is 2.81. The fraction of sp³-hybridized carbons (Fsp3) is 0.429. The average molecular weight is 263 g/mol. The number of hydrogen-bond acceptors (Lipinski definition) is 3. The number of carboxylic acids is 1. The summed E-state index contributed by atoms with van der Waals surface area (Å²) in [6.45, 7) is 0. The minimum atomic E-state index is -1.19. The summed E-state index contributed by atoms with van der Waals surface area (Å²) in [5.74, 6) is -1.17. The number of benzene rings is 1. The molecule has 2 rings (SSSR count). The molecule has 0 spiro atoms. The molecule has 1 aliphatic carbocycles. The molecule has 0 atom stereocenters. The molecule has 5 heteroatoms. The Balaban J connectivity index is 1.96. The second-order valence-electron chi connectivity index (χ2n) is 4.94. The maximum Gasteiger partial charge on any atom is 0.339 e. The van der Waals surface area contributed by atoms with E-state index >= 15 is 0 Å². The first-order valence-electron chi connectivity index (χ1n) is 6.42. The topological polar surface area (TPSA) is 86.6 Å². The zero-order valence-electron chi connectivity index (χ0n) is 10.6. The molecule has 1 aromatic rings. The molecular formula is C14H17NO4. The number of amides is 1. The predicted octanol–water partition coefficient (Wildman–Crippen LogP) is 2.61. The summed E-state index contributed by atoms with van der Waals surface area (Å²) in [5, 5.41) is 21.0. The number of aromatic carboxylic acids is 1. The van der Waals surface area contributed by atoms with Crippen LogP contribution in [0, 0.1) is 5.92 Å². The van der Waals surface area contributed by atoms with Crippen LogP contribution in [0.4, 0.5) is 5.69 Å². The first-order chi connectivity index (χ1) is 9.06. The monoisotopic (exact) mass is 263 g/mol. The molecule has 1 saturated carbocycles. The van der Waals surface area contributed by atoms with E-state index in [-0.39, 0.29) is 17.2 Å². The lowest BCUT2D eigenvalue weighted by atomic mass is 10.0. The van der Waals surface area contributed by atoms with Crippen molar-refractivity contribution in [2.45, 2.75) is 32.1 Å². The van der Waals surface area contributed by atoms with Crippen molar-refractivity contribution in [1.82, 2.24) is 0 Å². The molecule has 0 radical (unpaired) electrons. The largest absolute Gasteiger partial charge is 0.507 e. The van der Waals surface area contributed by atoms with Gasteiger partial charge in [0.05, 0.1) is 0 Å². The van der Waals surface area contributed by atoms with Crippen LogP contribution in [0.25, 0.3) is 0 Å². The molecule has 0 heterocycles. The van der Waals surface area contributed by atoms with Gasteiger partial charge in [0.2, 0.25) is 5.91 Å². The molecule has 1 fully saturated rings. The van der Waals surface area contributed by atoms with Gasteiger partial charge >= 0.3 is 5.97 Å². The molecule has 5 nitrogen and oxygen atoms in total. The van der Waals surface area contributed by atoms with Crippen molar-refractivity contribution in [3.63, 3.8) is 0 Å². The number of carbonyl (C=O) groups excluding carboxylic acids is 1. The van der Waals surface area contributed by atoms with E-state index in [2.05, 4.69) is 5.32 Å². The van der Waals surface area contributed by atoms with Crippen molar-refractivity contribution >= 4 is 17.6 Å². The van der Waals surface area contributed by atoms with Gasteiger partial charge in [-0.15, -0.1) is 0 Å². The fourth-order valence-electron chi connectivity index (χ4n) is 2.48. The minimum Gasteiger partial charge on any atom is -0.507 e. The van der Waals surface area contributed by atoms with E-state index in [4.69, 9.17) is 5.11 Å². The van der Waals surface area contributed by atoms with Gasteiger partial charge in [-0.2, -0.15) is 0 Å². The highest BCUT2D eigenvalue weighted by atomic mass is 16.4. The van der Waals surface area contributed by atoms with Crippen molar-refractivity contribution in [3.8, 4) is 5.75 Å². The third-order valence-corrected chi connectivity index (χ3v) is 3.46. The van der Waals surface area contributed by atoms with Gasteiger partial charge in [0.25, 0.3) is 0 Å². The zero-order valence-corrected chi connectivity index (χ0v) is 10.6. The summed E-state index contributed by atoms with van der Waals surface area (Å²) in [4.78, 5) is 22.5. The van der Waals surface area contributed by atoms with Gasteiger partial charge in [0, 0.05) is 18.2 Å². The van der Waals surface area contributed by atoms with Crippen molar-refractivity contribution in [3.05, 3.63) is 23.8 Å². The Hall–Kier alpha value is -2.04. The summed E-state index contributed by atoms with van der Waals surface area (Å²) in [6.07, 6.45) is 5.05. The molecular weight excluding hydrogens is 246 g/mol. The summed E-state index contributed by atoms with van der Waals surface area (Å²) < 4.78 is 0. The molecule has 1 aromatic carbocycles. The van der Waals surface area contributed by atoms with Crippen LogP contribution in [-0.2, 0) is 4.79 Å². The first-order valence-corrected chi connectivity index (χ1v) is 6.42. The molecule has 0 saturated heterocycles. The van der Waals surface area contributed by atoms with Gasteiger partial charge in [-0.1, -0.05) is 12.8 Å². The lowest BCUT2D eigenvalue weighted by Gasteiger charge is -2.10. The van der Waals surface area contributed by atoms with Crippen LogP contribution in [0.3, 0.4) is 0 Å². The Morgan fingerprint density at radius 2 is 1.95 bits per heavy atom. The molecule has 3 N–H and O–H groups in total. The van der Waals surface area contributed by atoms with Gasteiger partial charge in [0.1, 0.15) is 11.3 Å². The summed E-state index contributed by atoms with van der Waals surface area (Å²) in [6, 6.07) is 4.02. The molecule has 102 valence electrons. The van der Waals surface area contributed by atoms with Crippen molar-refractivity contribution in [2.75, 3.05) is 5.32 Å². The predicted molar refractivity (Wildman–Crippen MR) is 70.3 cm³/mol. The number of hydrogen-bond donors (Lipinski definition) is 3. The Labute approximate surface area is 111 Å². The Morgan fingerprint density at radius 3 is 2.53 bits per heavy atom. The third kappa shape index (κ3) is 3.47. The number of anilines is 1. The smallest absolute Gasteiger partial charge is 0.339 e. The lowest BCUT2D eigenvalue weighted by molar-refractivity contribution is -0.117. The maximum atomic E-state index is 11.8. The normalized spacial score (nSPS) is 15.4. The summed E-state index contributed by atoms with van der Waals surface area (Å²) in [5.41, 5.74) is 0.249. The Morgan fingerprint density at radius 1 is 1.26 bits per heavy atom. The minimum absolute atomic E-state index is 0.0885.